The van der Waals surface area contributed by atoms with Gasteiger partial charge in [0.1, 0.15) is 0 Å². The average molecular weight is 366 g/mol. The van der Waals surface area contributed by atoms with Gasteiger partial charge in [0.15, 0.2) is 16.0 Å². The number of amides is 1. The molecule has 5 nitrogen and oxygen atoms in total. The molecule has 1 heterocycles. The third kappa shape index (κ3) is 2.92. The van der Waals surface area contributed by atoms with E-state index in [2.05, 4.69) is 21.2 Å². The van der Waals surface area contributed by atoms with Crippen molar-refractivity contribution in [1.82, 2.24) is 5.32 Å². The van der Waals surface area contributed by atoms with Gasteiger partial charge in [-0.25, -0.2) is 4.79 Å². The summed E-state index contributed by atoms with van der Waals surface area (Å²) in [6, 6.07) is 10.3. The van der Waals surface area contributed by atoms with Crippen molar-refractivity contribution in [1.29, 1.82) is 0 Å². The number of aryl methyl sites for hydroxylation is 1. The molecule has 1 aromatic heterocycles. The number of carbonyl (C=O) groups is 2. The number of halogens is 1. The SMILES string of the molecule is CCC(NC(=O)c1oc(Br)cc1C)(C(=O)O)c1ccccc1. The van der Waals surface area contributed by atoms with Crippen LogP contribution in [0.25, 0.3) is 0 Å². The minimum Gasteiger partial charge on any atom is -0.479 e. The van der Waals surface area contributed by atoms with Crippen molar-refractivity contribution in [2.75, 3.05) is 0 Å². The largest absolute Gasteiger partial charge is 0.479 e. The topological polar surface area (TPSA) is 79.5 Å². The normalized spacial score (nSPS) is 13.4. The van der Waals surface area contributed by atoms with Crippen LogP contribution in [0.15, 0.2) is 45.5 Å². The summed E-state index contributed by atoms with van der Waals surface area (Å²) in [4.78, 5) is 24.3. The zero-order chi connectivity index (χ0) is 16.3. The van der Waals surface area contributed by atoms with Crippen LogP contribution in [0, 0.1) is 6.92 Å². The van der Waals surface area contributed by atoms with Gasteiger partial charge in [-0.15, -0.1) is 0 Å². The Labute approximate surface area is 136 Å². The van der Waals surface area contributed by atoms with Crippen molar-refractivity contribution in [3.8, 4) is 0 Å². The van der Waals surface area contributed by atoms with Gasteiger partial charge in [0.05, 0.1) is 0 Å². The summed E-state index contributed by atoms with van der Waals surface area (Å²) in [6.07, 6.45) is 0.207. The van der Waals surface area contributed by atoms with Gasteiger partial charge in [-0.05, 0) is 40.9 Å². The van der Waals surface area contributed by atoms with E-state index in [1.165, 1.54) is 0 Å². The van der Waals surface area contributed by atoms with Crippen molar-refractivity contribution < 1.29 is 19.1 Å². The van der Waals surface area contributed by atoms with E-state index >= 15 is 0 Å². The monoisotopic (exact) mass is 365 g/mol. The number of hydrogen-bond donors (Lipinski definition) is 2. The number of carboxylic acids is 1. The minimum atomic E-state index is -1.50. The Hall–Kier alpha value is -2.08. The molecular formula is C16H16BrNO4. The number of rotatable bonds is 5. The molecule has 0 saturated carbocycles. The maximum atomic E-state index is 12.4. The molecule has 0 spiro atoms. The maximum Gasteiger partial charge on any atom is 0.334 e. The minimum absolute atomic E-state index is 0.0990. The number of carbonyl (C=O) groups excluding carboxylic acids is 1. The molecule has 1 unspecified atom stereocenters. The van der Waals surface area contributed by atoms with Crippen molar-refractivity contribution in [3.05, 3.63) is 58.0 Å². The van der Waals surface area contributed by atoms with Crippen LogP contribution in [0.3, 0.4) is 0 Å². The number of nitrogens with one attached hydrogen (secondary N) is 1. The molecule has 0 bridgehead atoms. The van der Waals surface area contributed by atoms with Crippen LogP contribution < -0.4 is 5.32 Å². The molecule has 116 valence electrons. The summed E-state index contributed by atoms with van der Waals surface area (Å²) >= 11 is 3.16. The first-order valence-electron chi connectivity index (χ1n) is 6.78. The van der Waals surface area contributed by atoms with Crippen LogP contribution in [-0.4, -0.2) is 17.0 Å². The number of hydrogen-bond acceptors (Lipinski definition) is 3. The van der Waals surface area contributed by atoms with Crippen LogP contribution in [0.1, 0.15) is 35.0 Å². The molecule has 1 aromatic carbocycles. The zero-order valence-corrected chi connectivity index (χ0v) is 13.8. The molecule has 2 N–H and O–H groups in total. The highest BCUT2D eigenvalue weighted by Crippen LogP contribution is 2.27. The first kappa shape index (κ1) is 16.3. The predicted molar refractivity (Wildman–Crippen MR) is 84.7 cm³/mol. The quantitative estimate of drug-likeness (QED) is 0.849. The highest BCUT2D eigenvalue weighted by Gasteiger charge is 2.41. The molecule has 2 aromatic rings. The van der Waals surface area contributed by atoms with Gasteiger partial charge in [-0.2, -0.15) is 0 Å². The standard InChI is InChI=1S/C16H16BrNO4/c1-3-16(15(20)21,11-7-5-4-6-8-11)18-14(19)13-10(2)9-12(17)22-13/h4-9H,3H2,1-2H3,(H,18,19)(H,20,21). The van der Waals surface area contributed by atoms with Crippen LogP contribution in [0.4, 0.5) is 0 Å². The second kappa shape index (κ2) is 6.36. The van der Waals surface area contributed by atoms with Gasteiger partial charge >= 0.3 is 5.97 Å². The average Bonchev–Trinajstić information content (AvgIpc) is 2.84. The van der Waals surface area contributed by atoms with Crippen LogP contribution in [0.5, 0.6) is 0 Å². The lowest BCUT2D eigenvalue weighted by molar-refractivity contribution is -0.145. The van der Waals surface area contributed by atoms with E-state index in [0.29, 0.717) is 15.8 Å². The van der Waals surface area contributed by atoms with Gasteiger partial charge in [0, 0.05) is 5.56 Å². The zero-order valence-electron chi connectivity index (χ0n) is 12.2. The van der Waals surface area contributed by atoms with E-state index in [1.807, 2.05) is 0 Å². The van der Waals surface area contributed by atoms with Crippen LogP contribution in [0.2, 0.25) is 0 Å². The Morgan fingerprint density at radius 2 is 1.95 bits per heavy atom. The smallest absolute Gasteiger partial charge is 0.334 e. The molecule has 1 atom stereocenters. The predicted octanol–water partition coefficient (Wildman–Crippen LogP) is 3.47. The van der Waals surface area contributed by atoms with Crippen molar-refractivity contribution in [2.24, 2.45) is 0 Å². The van der Waals surface area contributed by atoms with E-state index in [-0.39, 0.29) is 12.2 Å². The third-order valence-electron chi connectivity index (χ3n) is 3.58. The number of benzene rings is 1. The van der Waals surface area contributed by atoms with E-state index < -0.39 is 17.4 Å². The molecule has 22 heavy (non-hydrogen) atoms. The first-order chi connectivity index (χ1) is 10.4. The number of aliphatic carboxylic acids is 1. The Bertz CT molecular complexity index is 695. The van der Waals surface area contributed by atoms with Gasteiger partial charge in [-0.3, -0.25) is 4.79 Å². The summed E-state index contributed by atoms with van der Waals surface area (Å²) < 4.78 is 5.72. The van der Waals surface area contributed by atoms with Crippen molar-refractivity contribution in [3.63, 3.8) is 0 Å². The fourth-order valence-corrected chi connectivity index (χ4v) is 2.84. The maximum absolute atomic E-state index is 12.4. The molecule has 0 aliphatic carbocycles. The summed E-state index contributed by atoms with van der Waals surface area (Å²) in [5.74, 6) is -1.57. The van der Waals surface area contributed by atoms with Crippen molar-refractivity contribution in [2.45, 2.75) is 25.8 Å². The first-order valence-corrected chi connectivity index (χ1v) is 7.57. The Balaban J connectivity index is 2.42. The molecule has 2 rings (SSSR count). The highest BCUT2D eigenvalue weighted by molar-refractivity contribution is 9.10. The molecule has 0 radical (unpaired) electrons. The summed E-state index contributed by atoms with van der Waals surface area (Å²) in [7, 11) is 0. The molecule has 6 heteroatoms. The lowest BCUT2D eigenvalue weighted by Gasteiger charge is -2.29. The van der Waals surface area contributed by atoms with Gasteiger partial charge < -0.3 is 14.8 Å². The Morgan fingerprint density at radius 1 is 1.32 bits per heavy atom. The second-order valence-corrected chi connectivity index (χ2v) is 5.73. The number of furan rings is 1. The van der Waals surface area contributed by atoms with E-state index in [9.17, 15) is 14.7 Å². The van der Waals surface area contributed by atoms with Gasteiger partial charge in [0.25, 0.3) is 5.91 Å². The fourth-order valence-electron chi connectivity index (χ4n) is 2.33. The lowest BCUT2D eigenvalue weighted by atomic mass is 9.87. The van der Waals surface area contributed by atoms with Crippen LogP contribution in [-0.2, 0) is 10.3 Å². The van der Waals surface area contributed by atoms with Gasteiger partial charge in [-0.1, -0.05) is 37.3 Å². The second-order valence-electron chi connectivity index (χ2n) is 4.95. The summed E-state index contributed by atoms with van der Waals surface area (Å²) in [6.45, 7) is 3.44. The third-order valence-corrected chi connectivity index (χ3v) is 3.97. The number of carboxylic acid groups (broad SMARTS) is 1. The van der Waals surface area contributed by atoms with E-state index in [1.54, 1.807) is 50.2 Å². The Kier molecular flexibility index (Phi) is 4.71. The lowest BCUT2D eigenvalue weighted by Crippen LogP contribution is -2.51. The summed E-state index contributed by atoms with van der Waals surface area (Å²) in [5, 5.41) is 12.3. The molecule has 0 aliphatic heterocycles. The molecule has 1 amide bonds. The Morgan fingerprint density at radius 3 is 2.41 bits per heavy atom. The molecular weight excluding hydrogens is 350 g/mol. The van der Waals surface area contributed by atoms with Gasteiger partial charge in [0.2, 0.25) is 0 Å². The summed E-state index contributed by atoms with van der Waals surface area (Å²) in [5.41, 5.74) is -0.348. The highest BCUT2D eigenvalue weighted by atomic mass is 79.9. The molecule has 0 fully saturated rings. The van der Waals surface area contributed by atoms with Crippen LogP contribution >= 0.6 is 15.9 Å². The van der Waals surface area contributed by atoms with Crippen molar-refractivity contribution >= 4 is 27.8 Å². The van der Waals surface area contributed by atoms with E-state index in [4.69, 9.17) is 4.42 Å². The molecule has 0 saturated heterocycles. The van der Waals surface area contributed by atoms with E-state index in [0.717, 1.165) is 0 Å². The fraction of sp³-hybridized carbons (Fsp3) is 0.250. The molecule has 0 aliphatic rings.